The molecule has 1 aliphatic rings. The summed E-state index contributed by atoms with van der Waals surface area (Å²) in [5, 5.41) is 4.89. The average Bonchev–Trinajstić information content (AvgIpc) is 3.19. The number of rotatable bonds is 8. The van der Waals surface area contributed by atoms with Crippen molar-refractivity contribution < 1.29 is 22.4 Å². The van der Waals surface area contributed by atoms with Gasteiger partial charge < -0.3 is 9.32 Å². The van der Waals surface area contributed by atoms with Gasteiger partial charge in [-0.2, -0.15) is 9.41 Å². The zero-order valence-electron chi connectivity index (χ0n) is 21.4. The van der Waals surface area contributed by atoms with Crippen LogP contribution in [-0.2, 0) is 32.7 Å². The topological polar surface area (TPSA) is 112 Å². The number of nitrogens with zero attached hydrogens (tertiary/aromatic N) is 3. The van der Waals surface area contributed by atoms with Crippen molar-refractivity contribution in [3.05, 3.63) is 86.7 Å². The molecule has 212 valence electrons. The smallest absolute Gasteiger partial charge is 0.329 e. The van der Waals surface area contributed by atoms with Crippen LogP contribution in [-0.4, -0.2) is 48.7 Å². The van der Waals surface area contributed by atoms with E-state index < -0.39 is 21.8 Å². The van der Waals surface area contributed by atoms with Crippen LogP contribution in [0.4, 0.5) is 0 Å². The molecule has 2 heterocycles. The van der Waals surface area contributed by atoms with Crippen molar-refractivity contribution in [3.8, 4) is 0 Å². The highest BCUT2D eigenvalue weighted by molar-refractivity contribution is 7.89. The highest BCUT2D eigenvalue weighted by atomic mass is 35.5. The van der Waals surface area contributed by atoms with Crippen molar-refractivity contribution in [2.45, 2.75) is 43.7 Å². The van der Waals surface area contributed by atoms with E-state index in [2.05, 4.69) is 10.5 Å². The Balaban J connectivity index is 1.47. The van der Waals surface area contributed by atoms with Gasteiger partial charge in [-0.25, -0.2) is 13.8 Å². The molecule has 0 aliphatic carbocycles. The number of likely N-dealkylation sites (tertiary alicyclic amines) is 1. The Kier molecular flexibility index (Phi) is 10.3. The Hall–Kier alpha value is -2.89. The van der Waals surface area contributed by atoms with Gasteiger partial charge in [-0.15, -0.1) is 0 Å². The molecule has 1 saturated heterocycles. The third-order valence-corrected chi connectivity index (χ3v) is 9.05. The second-order valence-electron chi connectivity index (χ2n) is 9.19. The molecular formula is C27H27Cl3N4O5S. The number of sulfonamides is 1. The molecule has 3 aromatic rings. The summed E-state index contributed by atoms with van der Waals surface area (Å²) >= 11 is 18.1. The molecule has 2 aromatic carbocycles. The molecule has 0 bridgehead atoms. The van der Waals surface area contributed by atoms with Gasteiger partial charge in [-0.1, -0.05) is 53.7 Å². The quantitative estimate of drug-likeness (QED) is 0.202. The second-order valence-corrected chi connectivity index (χ2v) is 12.4. The summed E-state index contributed by atoms with van der Waals surface area (Å²) in [4.78, 5) is 26.2. The van der Waals surface area contributed by atoms with E-state index in [1.54, 1.807) is 30.3 Å². The van der Waals surface area contributed by atoms with Gasteiger partial charge in [0.15, 0.2) is 0 Å². The van der Waals surface area contributed by atoms with Crippen LogP contribution < -0.4 is 5.43 Å². The van der Waals surface area contributed by atoms with Gasteiger partial charge in [0.05, 0.1) is 27.7 Å². The number of furan rings is 1. The monoisotopic (exact) mass is 624 g/mol. The minimum absolute atomic E-state index is 0.0133. The Morgan fingerprint density at radius 2 is 1.62 bits per heavy atom. The molecule has 13 heteroatoms. The number of hydrogen-bond donors (Lipinski definition) is 1. The fraction of sp³-hybridized carbons (Fsp3) is 0.296. The lowest BCUT2D eigenvalue weighted by atomic mass is 10.2. The van der Waals surface area contributed by atoms with Crippen molar-refractivity contribution >= 4 is 62.9 Å². The first-order valence-corrected chi connectivity index (χ1v) is 15.1. The molecule has 0 radical (unpaired) electrons. The summed E-state index contributed by atoms with van der Waals surface area (Å²) in [7, 11) is -3.97. The van der Waals surface area contributed by atoms with E-state index in [-0.39, 0.29) is 23.7 Å². The third-order valence-electron chi connectivity index (χ3n) is 6.25. The molecule has 1 aliphatic heterocycles. The zero-order valence-corrected chi connectivity index (χ0v) is 24.4. The van der Waals surface area contributed by atoms with Crippen LogP contribution in [0.15, 0.2) is 69.0 Å². The molecule has 0 unspecified atom stereocenters. The number of nitrogens with one attached hydrogen (secondary N) is 1. The summed E-state index contributed by atoms with van der Waals surface area (Å²) in [6.07, 6.45) is 5.06. The minimum atomic E-state index is -3.97. The van der Waals surface area contributed by atoms with Crippen LogP contribution in [0.25, 0.3) is 0 Å². The van der Waals surface area contributed by atoms with Gasteiger partial charge in [0.1, 0.15) is 11.5 Å². The summed E-state index contributed by atoms with van der Waals surface area (Å²) in [6, 6.07) is 13.9. The lowest BCUT2D eigenvalue weighted by molar-refractivity contribution is -0.145. The molecule has 4 rings (SSSR count). The highest BCUT2D eigenvalue weighted by Gasteiger charge is 2.27. The average molecular weight is 626 g/mol. The lowest BCUT2D eigenvalue weighted by Gasteiger charge is -2.22. The predicted molar refractivity (Wildman–Crippen MR) is 154 cm³/mol. The SMILES string of the molecule is O=C(N/N=C/c1ccc(CN(Cc2ccc(Cl)c(Cl)c2)S(=O)(=O)c2ccc(Cl)cc2)o1)C(=O)N1CCCCCC1. The van der Waals surface area contributed by atoms with Gasteiger partial charge in [-0.05, 0) is 66.9 Å². The van der Waals surface area contributed by atoms with Crippen molar-refractivity contribution in [1.29, 1.82) is 0 Å². The van der Waals surface area contributed by atoms with Crippen LogP contribution in [0.2, 0.25) is 15.1 Å². The first-order chi connectivity index (χ1) is 19.1. The maximum Gasteiger partial charge on any atom is 0.329 e. The summed E-state index contributed by atoms with van der Waals surface area (Å²) in [6.45, 7) is 0.976. The van der Waals surface area contributed by atoms with Crippen LogP contribution in [0, 0.1) is 0 Å². The Morgan fingerprint density at radius 1 is 0.925 bits per heavy atom. The van der Waals surface area contributed by atoms with Gasteiger partial charge in [0.2, 0.25) is 10.0 Å². The number of carbonyl (C=O) groups is 2. The van der Waals surface area contributed by atoms with E-state index in [1.165, 1.54) is 39.7 Å². The summed E-state index contributed by atoms with van der Waals surface area (Å²) in [5.74, 6) is -0.863. The molecule has 0 spiro atoms. The van der Waals surface area contributed by atoms with Crippen molar-refractivity contribution in [2.24, 2.45) is 5.10 Å². The fourth-order valence-corrected chi connectivity index (χ4v) is 6.01. The van der Waals surface area contributed by atoms with Crippen LogP contribution in [0.1, 0.15) is 42.8 Å². The second kappa shape index (κ2) is 13.6. The van der Waals surface area contributed by atoms with Gasteiger partial charge in [-0.3, -0.25) is 9.59 Å². The predicted octanol–water partition coefficient (Wildman–Crippen LogP) is 5.48. The maximum atomic E-state index is 13.5. The molecule has 2 amide bonds. The Morgan fingerprint density at radius 3 is 2.30 bits per heavy atom. The van der Waals surface area contributed by atoms with Crippen molar-refractivity contribution in [2.75, 3.05) is 13.1 Å². The number of carbonyl (C=O) groups excluding carboxylic acids is 2. The number of hydrazone groups is 1. The first-order valence-electron chi connectivity index (χ1n) is 12.5. The van der Waals surface area contributed by atoms with E-state index in [1.807, 2.05) is 0 Å². The zero-order chi connectivity index (χ0) is 28.7. The van der Waals surface area contributed by atoms with Crippen LogP contribution in [0.3, 0.4) is 0 Å². The van der Waals surface area contributed by atoms with Gasteiger partial charge in [0.25, 0.3) is 0 Å². The van der Waals surface area contributed by atoms with Crippen LogP contribution in [0.5, 0.6) is 0 Å². The fourth-order valence-electron chi connectivity index (χ4n) is 4.17. The lowest BCUT2D eigenvalue weighted by Crippen LogP contribution is -2.41. The van der Waals surface area contributed by atoms with E-state index in [0.29, 0.717) is 39.5 Å². The maximum absolute atomic E-state index is 13.5. The van der Waals surface area contributed by atoms with Crippen molar-refractivity contribution in [3.63, 3.8) is 0 Å². The van der Waals surface area contributed by atoms with E-state index in [4.69, 9.17) is 39.2 Å². The standard InChI is InChI=1S/C27H27Cl3N4O5S/c28-20-6-10-23(11-7-20)40(37,38)34(17-19-5-12-24(29)25(30)15-19)18-22-9-8-21(39-22)16-31-32-26(35)27(36)33-13-3-1-2-4-14-33/h5-12,15-16H,1-4,13-14,17-18H2,(H,32,35)/b31-16+. The van der Waals surface area contributed by atoms with E-state index in [0.717, 1.165) is 25.7 Å². The summed E-state index contributed by atoms with van der Waals surface area (Å²) < 4.78 is 34.1. The molecule has 0 saturated carbocycles. The minimum Gasteiger partial charge on any atom is -0.459 e. The van der Waals surface area contributed by atoms with Gasteiger partial charge in [0, 0.05) is 24.7 Å². The molecule has 40 heavy (non-hydrogen) atoms. The van der Waals surface area contributed by atoms with E-state index >= 15 is 0 Å². The van der Waals surface area contributed by atoms with Crippen molar-refractivity contribution in [1.82, 2.24) is 14.6 Å². The molecule has 9 nitrogen and oxygen atoms in total. The number of hydrogen-bond acceptors (Lipinski definition) is 6. The third kappa shape index (κ3) is 7.86. The molecule has 1 fully saturated rings. The Bertz CT molecular complexity index is 1480. The first kappa shape index (κ1) is 30.1. The number of benzene rings is 2. The largest absolute Gasteiger partial charge is 0.459 e. The molecule has 0 atom stereocenters. The van der Waals surface area contributed by atoms with Crippen LogP contribution >= 0.6 is 34.8 Å². The highest BCUT2D eigenvalue weighted by Crippen LogP contribution is 2.27. The van der Waals surface area contributed by atoms with E-state index in [9.17, 15) is 18.0 Å². The molecular weight excluding hydrogens is 599 g/mol. The molecule has 1 N–H and O–H groups in total. The normalized spacial score (nSPS) is 14.4. The number of halogens is 3. The summed E-state index contributed by atoms with van der Waals surface area (Å²) in [5.41, 5.74) is 2.85. The van der Waals surface area contributed by atoms with Gasteiger partial charge >= 0.3 is 11.8 Å². The number of amides is 2. The molecule has 1 aromatic heterocycles. The Labute approximate surface area is 247 Å².